The second kappa shape index (κ2) is 4.79. The third-order valence-electron chi connectivity index (χ3n) is 2.94. The van der Waals surface area contributed by atoms with Crippen molar-refractivity contribution >= 4 is 11.9 Å². The van der Waals surface area contributed by atoms with Crippen LogP contribution < -0.4 is 15.8 Å². The molecule has 1 saturated carbocycles. The molecular weight excluding hydrogens is 242 g/mol. The van der Waals surface area contributed by atoms with E-state index in [1.165, 1.54) is 12.8 Å². The van der Waals surface area contributed by atoms with Gasteiger partial charge >= 0.3 is 0 Å². The van der Waals surface area contributed by atoms with E-state index < -0.39 is 0 Å². The summed E-state index contributed by atoms with van der Waals surface area (Å²) in [5.41, 5.74) is 6.76. The van der Waals surface area contributed by atoms with Crippen LogP contribution in [0.4, 0.5) is 11.9 Å². The first-order chi connectivity index (χ1) is 9.26. The Morgan fingerprint density at radius 2 is 2.11 bits per heavy atom. The molecule has 0 aliphatic heterocycles. The van der Waals surface area contributed by atoms with Crippen molar-refractivity contribution in [2.75, 3.05) is 17.7 Å². The third-order valence-corrected chi connectivity index (χ3v) is 2.94. The summed E-state index contributed by atoms with van der Waals surface area (Å²) in [6.07, 6.45) is 2.36. The molecule has 0 bridgehead atoms. The van der Waals surface area contributed by atoms with Gasteiger partial charge in [0.05, 0.1) is 12.3 Å². The van der Waals surface area contributed by atoms with Gasteiger partial charge in [-0.05, 0) is 44.0 Å². The van der Waals surface area contributed by atoms with Gasteiger partial charge in [0.15, 0.2) is 0 Å². The maximum atomic E-state index is 5.88. The largest absolute Gasteiger partial charge is 0.494 e. The van der Waals surface area contributed by atoms with Crippen molar-refractivity contribution in [2.24, 2.45) is 0 Å². The van der Waals surface area contributed by atoms with Crippen LogP contribution in [0.15, 0.2) is 24.3 Å². The van der Waals surface area contributed by atoms with E-state index in [2.05, 4.69) is 15.4 Å². The summed E-state index contributed by atoms with van der Waals surface area (Å²) in [4.78, 5) is 4.21. The van der Waals surface area contributed by atoms with Crippen LogP contribution in [-0.4, -0.2) is 27.4 Å². The van der Waals surface area contributed by atoms with Crippen LogP contribution in [0.1, 0.15) is 19.8 Å². The predicted octanol–water partition coefficient (Wildman–Crippen LogP) is 1.82. The van der Waals surface area contributed by atoms with Gasteiger partial charge in [-0.15, -0.1) is 5.10 Å². The van der Waals surface area contributed by atoms with Crippen molar-refractivity contribution in [3.05, 3.63) is 24.3 Å². The molecule has 1 aliphatic rings. The highest BCUT2D eigenvalue weighted by Crippen LogP contribution is 2.24. The highest BCUT2D eigenvalue weighted by molar-refractivity contribution is 5.44. The van der Waals surface area contributed by atoms with Gasteiger partial charge in [0.2, 0.25) is 11.9 Å². The first-order valence-corrected chi connectivity index (χ1v) is 6.48. The zero-order valence-corrected chi connectivity index (χ0v) is 10.8. The highest BCUT2D eigenvalue weighted by atomic mass is 16.5. The molecule has 0 unspecified atom stereocenters. The average Bonchev–Trinajstić information content (AvgIpc) is 3.14. The Balaban J connectivity index is 1.81. The van der Waals surface area contributed by atoms with Crippen molar-refractivity contribution in [3.8, 4) is 11.4 Å². The number of benzene rings is 1. The van der Waals surface area contributed by atoms with E-state index in [-0.39, 0.29) is 0 Å². The van der Waals surface area contributed by atoms with Crippen molar-refractivity contribution < 1.29 is 4.74 Å². The Hall–Kier alpha value is -2.24. The number of aromatic nitrogens is 3. The van der Waals surface area contributed by atoms with Crippen molar-refractivity contribution in [1.82, 2.24) is 14.8 Å². The fourth-order valence-corrected chi connectivity index (χ4v) is 1.84. The van der Waals surface area contributed by atoms with Crippen molar-refractivity contribution in [2.45, 2.75) is 25.8 Å². The Morgan fingerprint density at radius 3 is 2.74 bits per heavy atom. The van der Waals surface area contributed by atoms with Gasteiger partial charge in [-0.2, -0.15) is 9.67 Å². The van der Waals surface area contributed by atoms with E-state index in [9.17, 15) is 0 Å². The normalized spacial score (nSPS) is 14.4. The molecule has 3 rings (SSSR count). The number of nitrogens with one attached hydrogen (secondary N) is 1. The quantitative estimate of drug-likeness (QED) is 0.856. The summed E-state index contributed by atoms with van der Waals surface area (Å²) in [6.45, 7) is 2.61. The number of rotatable bonds is 5. The van der Waals surface area contributed by atoms with Gasteiger partial charge in [0.25, 0.3) is 0 Å². The standard InChI is InChI=1S/C13H17N5O/c1-2-19-11-7-5-10(6-8-11)18-12(14)16-13(17-18)15-9-3-4-9/h5-9H,2-4H2,1H3,(H3,14,15,16,17). The van der Waals surface area contributed by atoms with Gasteiger partial charge in [-0.1, -0.05) is 0 Å². The molecule has 0 radical (unpaired) electrons. The van der Waals surface area contributed by atoms with Crippen molar-refractivity contribution in [1.29, 1.82) is 0 Å². The average molecular weight is 259 g/mol. The smallest absolute Gasteiger partial charge is 0.244 e. The number of nitrogens with two attached hydrogens (primary N) is 1. The minimum atomic E-state index is 0.382. The predicted molar refractivity (Wildman–Crippen MR) is 73.6 cm³/mol. The van der Waals surface area contributed by atoms with E-state index in [4.69, 9.17) is 10.5 Å². The first-order valence-electron chi connectivity index (χ1n) is 6.48. The molecule has 6 nitrogen and oxygen atoms in total. The lowest BCUT2D eigenvalue weighted by atomic mass is 10.3. The lowest BCUT2D eigenvalue weighted by Crippen LogP contribution is -2.04. The minimum Gasteiger partial charge on any atom is -0.494 e. The molecular formula is C13H17N5O. The van der Waals surface area contributed by atoms with Crippen LogP contribution >= 0.6 is 0 Å². The van der Waals surface area contributed by atoms with Crippen LogP contribution in [0.2, 0.25) is 0 Å². The zero-order valence-electron chi connectivity index (χ0n) is 10.8. The fourth-order valence-electron chi connectivity index (χ4n) is 1.84. The minimum absolute atomic E-state index is 0.382. The molecule has 1 heterocycles. The fraction of sp³-hybridized carbons (Fsp3) is 0.385. The number of hydrogen-bond acceptors (Lipinski definition) is 5. The van der Waals surface area contributed by atoms with Crippen LogP contribution in [0.25, 0.3) is 5.69 Å². The number of nitrogen functional groups attached to an aromatic ring is 1. The molecule has 3 N–H and O–H groups in total. The number of ether oxygens (including phenoxy) is 1. The molecule has 0 atom stereocenters. The van der Waals surface area contributed by atoms with Crippen LogP contribution in [0.5, 0.6) is 5.75 Å². The summed E-state index contributed by atoms with van der Waals surface area (Å²) in [7, 11) is 0. The number of anilines is 2. The van der Waals surface area contributed by atoms with E-state index in [1.54, 1.807) is 4.68 Å². The maximum absolute atomic E-state index is 5.88. The van der Waals surface area contributed by atoms with E-state index in [0.29, 0.717) is 24.5 Å². The Bertz CT molecular complexity index is 559. The van der Waals surface area contributed by atoms with Crippen LogP contribution in [0, 0.1) is 0 Å². The Kier molecular flexibility index (Phi) is 2.98. The van der Waals surface area contributed by atoms with E-state index in [1.807, 2.05) is 31.2 Å². The molecule has 1 fully saturated rings. The van der Waals surface area contributed by atoms with E-state index >= 15 is 0 Å². The third kappa shape index (κ3) is 2.62. The molecule has 100 valence electrons. The van der Waals surface area contributed by atoms with Gasteiger partial charge in [-0.25, -0.2) is 0 Å². The van der Waals surface area contributed by atoms with Crippen LogP contribution in [-0.2, 0) is 0 Å². The zero-order chi connectivity index (χ0) is 13.2. The maximum Gasteiger partial charge on any atom is 0.244 e. The molecule has 0 spiro atoms. The van der Waals surface area contributed by atoms with Crippen molar-refractivity contribution in [3.63, 3.8) is 0 Å². The second-order valence-corrected chi connectivity index (χ2v) is 4.55. The van der Waals surface area contributed by atoms with E-state index in [0.717, 1.165) is 11.4 Å². The SMILES string of the molecule is CCOc1ccc(-n2nc(NC3CC3)nc2N)cc1. The summed E-state index contributed by atoms with van der Waals surface area (Å²) >= 11 is 0. The topological polar surface area (TPSA) is 78.0 Å². The second-order valence-electron chi connectivity index (χ2n) is 4.55. The lowest BCUT2D eigenvalue weighted by Gasteiger charge is -2.05. The lowest BCUT2D eigenvalue weighted by molar-refractivity contribution is 0.340. The summed E-state index contributed by atoms with van der Waals surface area (Å²) < 4.78 is 7.03. The molecule has 2 aromatic rings. The monoisotopic (exact) mass is 259 g/mol. The molecule has 0 amide bonds. The number of hydrogen-bond donors (Lipinski definition) is 2. The summed E-state index contributed by atoms with van der Waals surface area (Å²) in [5.74, 6) is 1.81. The highest BCUT2D eigenvalue weighted by Gasteiger charge is 2.23. The Labute approximate surface area is 111 Å². The molecule has 1 aromatic heterocycles. The first kappa shape index (κ1) is 11.8. The summed E-state index contributed by atoms with van der Waals surface area (Å²) in [5, 5.41) is 7.60. The van der Waals surface area contributed by atoms with Gasteiger partial charge in [-0.3, -0.25) is 0 Å². The Morgan fingerprint density at radius 1 is 1.37 bits per heavy atom. The van der Waals surface area contributed by atoms with Crippen LogP contribution in [0.3, 0.4) is 0 Å². The van der Waals surface area contributed by atoms with Gasteiger partial charge in [0, 0.05) is 6.04 Å². The molecule has 0 saturated heterocycles. The summed E-state index contributed by atoms with van der Waals surface area (Å²) in [6, 6.07) is 8.13. The van der Waals surface area contributed by atoms with Gasteiger partial charge in [0.1, 0.15) is 5.75 Å². The number of nitrogens with zero attached hydrogens (tertiary/aromatic N) is 3. The molecule has 19 heavy (non-hydrogen) atoms. The molecule has 1 aliphatic carbocycles. The van der Waals surface area contributed by atoms with Gasteiger partial charge < -0.3 is 15.8 Å². The molecule has 6 heteroatoms. The molecule has 1 aromatic carbocycles.